The normalized spacial score (nSPS) is 38.0. The molecule has 9 saturated heterocycles. The van der Waals surface area contributed by atoms with Crippen LogP contribution in [-0.2, 0) is 152 Å². The van der Waals surface area contributed by atoms with Gasteiger partial charge in [-0.05, 0) is 336 Å². The van der Waals surface area contributed by atoms with Crippen molar-refractivity contribution in [2.75, 3.05) is 13.2 Å². The van der Waals surface area contributed by atoms with Gasteiger partial charge in [0.1, 0.15) is 70.5 Å². The highest BCUT2D eigenvalue weighted by Gasteiger charge is 2.90. The second-order valence-electron chi connectivity index (χ2n) is 50.1. The molecule has 24 aliphatic rings. The Balaban J connectivity index is 0.000000132. The Bertz CT molecular complexity index is 5170. The predicted molar refractivity (Wildman–Crippen MR) is 528 cm³/mol. The average Bonchev–Trinajstić information content (AvgIpc) is 1.46. The van der Waals surface area contributed by atoms with E-state index in [-0.39, 0.29) is 135 Å². The maximum Gasteiger partial charge on any atom is 0.344 e. The lowest BCUT2D eigenvalue weighted by Gasteiger charge is -2.62. The number of hydrogen-bond donors (Lipinski definition) is 0. The Morgan fingerprint density at radius 2 is 0.814 bits per heavy atom. The minimum absolute atomic E-state index is 0.00284. The number of rotatable bonds is 26. The van der Waals surface area contributed by atoms with Gasteiger partial charge >= 0.3 is 71.6 Å². The number of carbonyl (C=O) groups is 12. The van der Waals surface area contributed by atoms with E-state index in [9.17, 15) is 74.4 Å². The molecular formula is C111H164O32S2. The van der Waals surface area contributed by atoms with Crippen LogP contribution in [0.1, 0.15) is 339 Å². The summed E-state index contributed by atoms with van der Waals surface area (Å²) in [7, 11) is -7.05. The van der Waals surface area contributed by atoms with Crippen LogP contribution in [0.2, 0.25) is 0 Å². The highest BCUT2D eigenvalue weighted by Crippen LogP contribution is 2.74. The highest BCUT2D eigenvalue weighted by atomic mass is 32.2. The fourth-order valence-electron chi connectivity index (χ4n) is 28.1. The van der Waals surface area contributed by atoms with Crippen molar-refractivity contribution in [3.63, 3.8) is 0 Å². The molecule has 9 heterocycles. The maximum atomic E-state index is 12.8. The predicted octanol–water partition coefficient (Wildman–Crippen LogP) is 17.1. The number of esters is 12. The van der Waals surface area contributed by atoms with Crippen molar-refractivity contribution in [3.05, 3.63) is 48.6 Å². The minimum atomic E-state index is -3.53. The van der Waals surface area contributed by atoms with Crippen molar-refractivity contribution in [2.45, 2.75) is 444 Å². The Hall–Kier alpha value is -7.66. The van der Waals surface area contributed by atoms with Crippen molar-refractivity contribution in [3.8, 4) is 0 Å². The molecule has 0 aromatic carbocycles. The van der Waals surface area contributed by atoms with Gasteiger partial charge in [-0.15, -0.1) is 0 Å². The second kappa shape index (κ2) is 42.2. The van der Waals surface area contributed by atoms with Gasteiger partial charge in [0, 0.05) is 52.4 Å². The Morgan fingerprint density at radius 1 is 0.421 bits per heavy atom. The van der Waals surface area contributed by atoms with Gasteiger partial charge in [0.05, 0.1) is 44.2 Å². The third kappa shape index (κ3) is 22.0. The van der Waals surface area contributed by atoms with Crippen molar-refractivity contribution >= 4 is 91.9 Å². The lowest BCUT2D eigenvalue weighted by atomic mass is 9.47. The number of hydrogen-bond acceptors (Lipinski definition) is 32. The Labute approximate surface area is 857 Å². The third-order valence-corrected chi connectivity index (χ3v) is 41.0. The molecule has 18 bridgehead atoms. The van der Waals surface area contributed by atoms with E-state index >= 15 is 0 Å². The van der Waals surface area contributed by atoms with Crippen molar-refractivity contribution in [1.82, 2.24) is 0 Å². The van der Waals surface area contributed by atoms with E-state index in [4.69, 9.17) is 74.7 Å². The zero-order chi connectivity index (χ0) is 107. The zero-order valence-corrected chi connectivity index (χ0v) is 91.4. The van der Waals surface area contributed by atoms with Crippen LogP contribution in [0.3, 0.4) is 0 Å². The van der Waals surface area contributed by atoms with Gasteiger partial charge in [0.15, 0.2) is 37.1 Å². The Kier molecular flexibility index (Phi) is 32.9. The largest absolute Gasteiger partial charge is 0.459 e. The van der Waals surface area contributed by atoms with Crippen molar-refractivity contribution < 1.29 is 149 Å². The van der Waals surface area contributed by atoms with Crippen molar-refractivity contribution in [2.24, 2.45) is 116 Å². The van der Waals surface area contributed by atoms with E-state index in [0.29, 0.717) is 110 Å². The van der Waals surface area contributed by atoms with Gasteiger partial charge in [-0.1, -0.05) is 81.7 Å². The molecule has 15 aliphatic carbocycles. The summed E-state index contributed by atoms with van der Waals surface area (Å²) in [6, 6.07) is 0. The summed E-state index contributed by atoms with van der Waals surface area (Å²) in [5.41, 5.74) is -2.15. The molecule has 9 aliphatic heterocycles. The molecule has 0 radical (unpaired) electrons. The first-order valence-corrected chi connectivity index (χ1v) is 56.8. The molecule has 34 heteroatoms. The summed E-state index contributed by atoms with van der Waals surface area (Å²) in [5.74, 6) is 2.59. The molecule has 145 heavy (non-hydrogen) atoms. The summed E-state index contributed by atoms with van der Waals surface area (Å²) < 4.78 is 134. The molecule has 20 atom stereocenters. The standard InChI is InChI=1S/C19H32O2.C17H26O2.C15H22O7S.C13H16O7S.C13H18O5.C12H12O5.C12H22O2.C10H16O2/c1-6-18(4,5)17(20)21-19(12(2)3)15-8-13-7-14(10-15)11-16(19)9-13;1-10(2)16(18)19-17(11(3)4)14-6-12-5-13(8-14)9-15(17)7-12;1-4-15(2,3)14(17)20-7-11(16)21-12-8-5-9-10(6-8)23(18,19)22-13(9)12;1-6(2)13(15)18-5-10(14)19-11-7-3-8-9(4-7)21(16,17)20-12(8)11;1-4-13(2,3)12(15)18-9-7-5-6-8(16-7)10(9)17-11(6)14;1-5(2)8(13)16-7-6-3-11-4-12(7,9(11)15-6)17-10(11)14;1-5-11(2,3)10(13)14-12(4)8-6-7-9-12;1-8(2)9(11)12-10(3)6-4-5-7-10/h12-16H,6-11H2,1-5H3;11-15H,1,5-9H2,2-4H3;8-10,12-13H,4-7H2,1-3H3;7-9,11-12H,1,3-5H2,2H3;6-10H,4-5H2,1-3H3;6-7,9H,1,3-4H2,2H3;5-9H2,1-4H3;1,4-7H2,2-3H3. The maximum absolute atomic E-state index is 12.8. The smallest absolute Gasteiger partial charge is 0.344 e. The molecule has 24 fully saturated rings. The third-order valence-electron chi connectivity index (χ3n) is 37.5. The van der Waals surface area contributed by atoms with Gasteiger partial charge < -0.3 is 66.3 Å². The summed E-state index contributed by atoms with van der Waals surface area (Å²) in [5, 5.41) is -0.903. The molecule has 24 rings (SSSR count). The SMILES string of the molecule is C=C(C)C(=O)OC1(C(C)C)C2CC3CC(C2)CC1C3.C=C(C)C(=O)OC1(C)CCCC1.C=C(C)C(=O)OC1C2CC34CC1(OC3=O)C4O2.C=C(C)C(=O)OCC(=O)OC1C2CC3C1OS(=O)(=O)C3C2.CCC(C)(C)C(=O)OC1(C(C)C)C2CC3CC(C2)CC1C3.CCC(C)(C)C(=O)OC1(C)CCCC1.CCC(C)(C)C(=O)OC1C2CC3C(=O)OC1C3O2.CCC(C)(C)C(=O)OCC(=O)OC1C2CC3C1OS(=O)(=O)C3C2. The molecule has 0 aromatic rings. The first kappa shape index (κ1) is 113. The number of fused-ring (bicyclic) bond motifs is 5. The van der Waals surface area contributed by atoms with Gasteiger partial charge in [-0.25, -0.2) is 28.8 Å². The molecule has 2 spiro atoms. The number of carbonyl (C=O) groups excluding carboxylic acids is 12. The van der Waals surface area contributed by atoms with Gasteiger partial charge in [-0.3, -0.25) is 37.1 Å². The first-order chi connectivity index (χ1) is 67.5. The van der Waals surface area contributed by atoms with E-state index in [1.165, 1.54) is 96.8 Å². The molecule has 32 nitrogen and oxygen atoms in total. The molecule has 812 valence electrons. The van der Waals surface area contributed by atoms with E-state index in [2.05, 4.69) is 67.9 Å². The van der Waals surface area contributed by atoms with Gasteiger partial charge in [0.2, 0.25) is 0 Å². The van der Waals surface area contributed by atoms with Crippen LogP contribution in [0.4, 0.5) is 0 Å². The molecule has 0 amide bonds. The lowest BCUT2D eigenvalue weighted by Crippen LogP contribution is -2.65. The van der Waals surface area contributed by atoms with Crippen LogP contribution in [0.5, 0.6) is 0 Å². The fraction of sp³-hybridized carbons (Fsp3) is 0.820. The number of ether oxygens (including phenoxy) is 14. The Morgan fingerprint density at radius 3 is 1.23 bits per heavy atom. The van der Waals surface area contributed by atoms with E-state index in [0.717, 1.165) is 62.2 Å². The summed E-state index contributed by atoms with van der Waals surface area (Å²) in [6.07, 6.45) is 24.8. The van der Waals surface area contributed by atoms with Crippen LogP contribution in [-0.4, -0.2) is 207 Å². The quantitative estimate of drug-likeness (QED) is 0.0336. The van der Waals surface area contributed by atoms with Gasteiger partial charge in [-0.2, -0.15) is 16.8 Å². The summed E-state index contributed by atoms with van der Waals surface area (Å²) in [4.78, 5) is 142. The van der Waals surface area contributed by atoms with E-state index < -0.39 is 138 Å². The molecule has 20 unspecified atom stereocenters. The molecular weight excluding hydrogens is 1910 g/mol. The first-order valence-electron chi connectivity index (χ1n) is 53.8. The van der Waals surface area contributed by atoms with Crippen LogP contribution in [0, 0.1) is 116 Å². The zero-order valence-electron chi connectivity index (χ0n) is 89.8. The lowest BCUT2D eigenvalue weighted by molar-refractivity contribution is -0.231. The minimum Gasteiger partial charge on any atom is -0.459 e. The fourth-order valence-corrected chi connectivity index (χ4v) is 31.8. The molecule has 0 N–H and O–H groups in total. The summed E-state index contributed by atoms with van der Waals surface area (Å²) >= 11 is 0. The van der Waals surface area contributed by atoms with Crippen LogP contribution in [0.15, 0.2) is 48.6 Å². The molecule has 15 saturated carbocycles. The van der Waals surface area contributed by atoms with E-state index in [1.54, 1.807) is 34.6 Å². The summed E-state index contributed by atoms with van der Waals surface area (Å²) in [6.45, 7) is 55.9. The van der Waals surface area contributed by atoms with Gasteiger partial charge in [0.25, 0.3) is 20.2 Å². The van der Waals surface area contributed by atoms with Crippen LogP contribution in [0.25, 0.3) is 0 Å². The topological polar surface area (TPSA) is 421 Å². The monoisotopic (exact) mass is 2070 g/mol. The van der Waals surface area contributed by atoms with Crippen molar-refractivity contribution in [1.29, 1.82) is 0 Å². The van der Waals surface area contributed by atoms with Crippen LogP contribution >= 0.6 is 0 Å². The van der Waals surface area contributed by atoms with E-state index in [1.807, 2.05) is 69.2 Å². The molecule has 0 aromatic heterocycles. The highest BCUT2D eigenvalue weighted by molar-refractivity contribution is 7.88. The van der Waals surface area contributed by atoms with Crippen LogP contribution < -0.4 is 0 Å². The second-order valence-corrected chi connectivity index (χ2v) is 53.7. The average molecular weight is 2070 g/mol.